The number of ether oxygens (including phenoxy) is 1. The van der Waals surface area contributed by atoms with Gasteiger partial charge in [-0.25, -0.2) is 0 Å². The van der Waals surface area contributed by atoms with E-state index in [4.69, 9.17) is 4.74 Å². The molecular formula is C16H25NO. The zero-order valence-electron chi connectivity index (χ0n) is 11.8. The van der Waals surface area contributed by atoms with Crippen molar-refractivity contribution in [3.05, 3.63) is 29.8 Å². The van der Waals surface area contributed by atoms with Crippen LogP contribution < -0.4 is 10.1 Å². The van der Waals surface area contributed by atoms with Crippen LogP contribution in [0.2, 0.25) is 0 Å². The molecule has 0 saturated heterocycles. The zero-order valence-corrected chi connectivity index (χ0v) is 11.8. The minimum absolute atomic E-state index is 0.409. The second kappa shape index (κ2) is 6.24. The normalized spacial score (nSPS) is 19.7. The van der Waals surface area contributed by atoms with Gasteiger partial charge in [-0.1, -0.05) is 25.0 Å². The predicted octanol–water partition coefficient (Wildman–Crippen LogP) is 3.92. The monoisotopic (exact) mass is 247 g/mol. The Morgan fingerprint density at radius 2 is 1.72 bits per heavy atom. The van der Waals surface area contributed by atoms with Crippen LogP contribution in [0.5, 0.6) is 5.75 Å². The number of methoxy groups -OCH3 is 1. The number of hydrogen-bond acceptors (Lipinski definition) is 2. The first-order valence-corrected chi connectivity index (χ1v) is 7.10. The van der Waals surface area contributed by atoms with Crippen molar-refractivity contribution >= 4 is 0 Å². The first-order chi connectivity index (χ1) is 8.70. The van der Waals surface area contributed by atoms with Gasteiger partial charge in [0.2, 0.25) is 0 Å². The van der Waals surface area contributed by atoms with Crippen molar-refractivity contribution in [2.24, 2.45) is 5.92 Å². The summed E-state index contributed by atoms with van der Waals surface area (Å²) in [6, 6.07) is 9.40. The lowest BCUT2D eigenvalue weighted by atomic mass is 9.98. The summed E-state index contributed by atoms with van der Waals surface area (Å²) in [7, 11) is 1.71. The minimum Gasteiger partial charge on any atom is -0.497 e. The van der Waals surface area contributed by atoms with Crippen molar-refractivity contribution in [2.75, 3.05) is 7.11 Å². The molecule has 2 nitrogen and oxygen atoms in total. The van der Waals surface area contributed by atoms with Crippen LogP contribution in [0.4, 0.5) is 0 Å². The third kappa shape index (κ3) is 3.26. The Balaban J connectivity index is 1.91. The molecule has 0 spiro atoms. The van der Waals surface area contributed by atoms with Gasteiger partial charge < -0.3 is 10.1 Å². The smallest absolute Gasteiger partial charge is 0.118 e. The zero-order chi connectivity index (χ0) is 13.0. The van der Waals surface area contributed by atoms with Crippen LogP contribution in [0.25, 0.3) is 0 Å². The molecule has 1 unspecified atom stereocenters. The van der Waals surface area contributed by atoms with E-state index < -0.39 is 0 Å². The third-order valence-corrected chi connectivity index (χ3v) is 4.24. The Bertz CT molecular complexity index is 354. The molecule has 100 valence electrons. The molecule has 0 amide bonds. The number of benzene rings is 1. The summed E-state index contributed by atoms with van der Waals surface area (Å²) in [4.78, 5) is 0. The molecule has 0 aromatic heterocycles. The van der Waals surface area contributed by atoms with Crippen molar-refractivity contribution in [3.8, 4) is 5.75 Å². The summed E-state index contributed by atoms with van der Waals surface area (Å²) in [5.74, 6) is 1.79. The fraction of sp³-hybridized carbons (Fsp3) is 0.625. The van der Waals surface area contributed by atoms with Crippen molar-refractivity contribution in [1.82, 2.24) is 5.32 Å². The average molecular weight is 247 g/mol. The molecular weight excluding hydrogens is 222 g/mol. The van der Waals surface area contributed by atoms with Gasteiger partial charge in [-0.05, 0) is 50.3 Å². The Morgan fingerprint density at radius 1 is 1.11 bits per heavy atom. The maximum Gasteiger partial charge on any atom is 0.118 e. The quantitative estimate of drug-likeness (QED) is 0.851. The van der Waals surface area contributed by atoms with Crippen LogP contribution in [0.3, 0.4) is 0 Å². The summed E-state index contributed by atoms with van der Waals surface area (Å²) < 4.78 is 5.19. The standard InChI is InChI=1S/C16H25NO/c1-12(14-6-4-5-7-14)17-13(2)15-8-10-16(18-3)11-9-15/h8-14,17H,4-7H2,1-3H3/t12-,13?/m1/s1. The highest BCUT2D eigenvalue weighted by Crippen LogP contribution is 2.29. The van der Waals surface area contributed by atoms with Gasteiger partial charge in [0.1, 0.15) is 5.75 Å². The molecule has 2 rings (SSSR count). The molecule has 0 radical (unpaired) electrons. The highest BCUT2D eigenvalue weighted by Gasteiger charge is 2.22. The highest BCUT2D eigenvalue weighted by molar-refractivity contribution is 5.28. The van der Waals surface area contributed by atoms with E-state index in [9.17, 15) is 0 Å². The molecule has 0 bridgehead atoms. The van der Waals surface area contributed by atoms with E-state index in [1.807, 2.05) is 12.1 Å². The SMILES string of the molecule is COc1ccc(C(C)N[C@H](C)C2CCCC2)cc1. The van der Waals surface area contributed by atoms with E-state index >= 15 is 0 Å². The van der Waals surface area contributed by atoms with E-state index in [-0.39, 0.29) is 0 Å². The molecule has 1 aromatic rings. The summed E-state index contributed by atoms with van der Waals surface area (Å²) in [6.07, 6.45) is 5.61. The Labute approximate surface area is 111 Å². The van der Waals surface area contributed by atoms with Gasteiger partial charge in [-0.15, -0.1) is 0 Å². The lowest BCUT2D eigenvalue weighted by molar-refractivity contribution is 0.352. The largest absolute Gasteiger partial charge is 0.497 e. The summed E-state index contributed by atoms with van der Waals surface area (Å²) in [5.41, 5.74) is 1.33. The van der Waals surface area contributed by atoms with Gasteiger partial charge in [0.15, 0.2) is 0 Å². The molecule has 1 fully saturated rings. The van der Waals surface area contributed by atoms with Gasteiger partial charge in [-0.2, -0.15) is 0 Å². The van der Waals surface area contributed by atoms with Gasteiger partial charge in [0, 0.05) is 12.1 Å². The number of rotatable bonds is 5. The van der Waals surface area contributed by atoms with Crippen LogP contribution in [0, 0.1) is 5.92 Å². The van der Waals surface area contributed by atoms with E-state index in [0.29, 0.717) is 12.1 Å². The molecule has 1 aliphatic carbocycles. The van der Waals surface area contributed by atoms with Crippen LogP contribution in [-0.2, 0) is 0 Å². The Hall–Kier alpha value is -1.02. The first kappa shape index (κ1) is 13.4. The third-order valence-electron chi connectivity index (χ3n) is 4.24. The molecule has 0 heterocycles. The van der Waals surface area contributed by atoms with Gasteiger partial charge in [0.05, 0.1) is 7.11 Å². The molecule has 1 aromatic carbocycles. The number of hydrogen-bond donors (Lipinski definition) is 1. The predicted molar refractivity (Wildman–Crippen MR) is 76.0 cm³/mol. The van der Waals surface area contributed by atoms with Crippen molar-refractivity contribution in [2.45, 2.75) is 51.6 Å². The number of nitrogens with one attached hydrogen (secondary N) is 1. The second-order valence-electron chi connectivity index (χ2n) is 5.49. The fourth-order valence-corrected chi connectivity index (χ4v) is 2.98. The van der Waals surface area contributed by atoms with E-state index in [2.05, 4.69) is 31.3 Å². The lowest BCUT2D eigenvalue weighted by Gasteiger charge is -2.25. The van der Waals surface area contributed by atoms with Crippen LogP contribution >= 0.6 is 0 Å². The van der Waals surface area contributed by atoms with Crippen molar-refractivity contribution in [1.29, 1.82) is 0 Å². The lowest BCUT2D eigenvalue weighted by Crippen LogP contribution is -2.34. The van der Waals surface area contributed by atoms with Gasteiger partial charge in [0.25, 0.3) is 0 Å². The highest BCUT2D eigenvalue weighted by atomic mass is 16.5. The fourth-order valence-electron chi connectivity index (χ4n) is 2.98. The molecule has 1 aliphatic rings. The minimum atomic E-state index is 0.409. The van der Waals surface area contributed by atoms with Gasteiger partial charge in [-0.3, -0.25) is 0 Å². The van der Waals surface area contributed by atoms with Crippen molar-refractivity contribution < 1.29 is 4.74 Å². The molecule has 0 aliphatic heterocycles. The molecule has 2 heteroatoms. The van der Waals surface area contributed by atoms with E-state index in [0.717, 1.165) is 11.7 Å². The van der Waals surface area contributed by atoms with Crippen LogP contribution in [-0.4, -0.2) is 13.2 Å². The molecule has 1 saturated carbocycles. The van der Waals surface area contributed by atoms with Crippen LogP contribution in [0.1, 0.15) is 51.1 Å². The molecule has 2 atom stereocenters. The van der Waals surface area contributed by atoms with Crippen LogP contribution in [0.15, 0.2) is 24.3 Å². The Kier molecular flexibility index (Phi) is 4.65. The van der Waals surface area contributed by atoms with Crippen molar-refractivity contribution in [3.63, 3.8) is 0 Å². The first-order valence-electron chi connectivity index (χ1n) is 7.10. The second-order valence-corrected chi connectivity index (χ2v) is 5.49. The molecule has 1 N–H and O–H groups in total. The molecule has 18 heavy (non-hydrogen) atoms. The van der Waals surface area contributed by atoms with E-state index in [1.165, 1.54) is 31.2 Å². The summed E-state index contributed by atoms with van der Waals surface area (Å²) in [6.45, 7) is 4.57. The maximum absolute atomic E-state index is 5.19. The van der Waals surface area contributed by atoms with Gasteiger partial charge >= 0.3 is 0 Å². The average Bonchev–Trinajstić information content (AvgIpc) is 2.92. The maximum atomic E-state index is 5.19. The topological polar surface area (TPSA) is 21.3 Å². The van der Waals surface area contributed by atoms with E-state index in [1.54, 1.807) is 7.11 Å². The summed E-state index contributed by atoms with van der Waals surface area (Å²) in [5, 5.41) is 3.73. The Morgan fingerprint density at radius 3 is 2.28 bits per heavy atom. The summed E-state index contributed by atoms with van der Waals surface area (Å²) >= 11 is 0.